The average Bonchev–Trinajstić information content (AvgIpc) is 3.02. The van der Waals surface area contributed by atoms with Gasteiger partial charge in [0.15, 0.2) is 5.69 Å². The first-order valence-corrected chi connectivity index (χ1v) is 9.04. The molecule has 4 rings (SSSR count). The summed E-state index contributed by atoms with van der Waals surface area (Å²) in [5, 5.41) is 30.5. The number of aromatic nitrogens is 1. The van der Waals surface area contributed by atoms with Crippen LogP contribution in [0, 0.1) is 0 Å². The van der Waals surface area contributed by atoms with Crippen molar-refractivity contribution >= 4 is 39.2 Å². The Hall–Kier alpha value is -4.20. The van der Waals surface area contributed by atoms with Gasteiger partial charge < -0.3 is 14.9 Å². The number of hydrogen-bond acceptors (Lipinski definition) is 6. The van der Waals surface area contributed by atoms with Crippen LogP contribution in [0.15, 0.2) is 70.9 Å². The van der Waals surface area contributed by atoms with Gasteiger partial charge in [-0.05, 0) is 29.0 Å². The number of aromatic hydroxyl groups is 2. The van der Waals surface area contributed by atoms with Crippen LogP contribution in [0.4, 0.5) is 5.69 Å². The van der Waals surface area contributed by atoms with Crippen LogP contribution in [0.25, 0.3) is 21.7 Å². The zero-order valence-electron chi connectivity index (χ0n) is 15.9. The third-order valence-corrected chi connectivity index (χ3v) is 4.77. The van der Waals surface area contributed by atoms with E-state index in [1.165, 1.54) is 23.8 Å². The number of nitrogens with zero attached hydrogens (tertiary/aromatic N) is 3. The minimum Gasteiger partial charge on any atom is -0.507 e. The summed E-state index contributed by atoms with van der Waals surface area (Å²) in [7, 11) is 1.25. The highest BCUT2D eigenvalue weighted by molar-refractivity contribution is 6.02. The van der Waals surface area contributed by atoms with E-state index >= 15 is 0 Å². The number of hydrogen-bond donors (Lipinski definition) is 2. The number of methoxy groups -OCH3 is 1. The van der Waals surface area contributed by atoms with E-state index in [2.05, 4.69) is 15.0 Å². The Bertz CT molecular complexity index is 1320. The second kappa shape index (κ2) is 7.67. The monoisotopic (exact) mass is 403 g/mol. The van der Waals surface area contributed by atoms with Gasteiger partial charge in [0, 0.05) is 5.39 Å². The standard InChI is InChI=1S/C22H17N3O5/c1-30-19(27)12-25-17-9-5-4-8-15(17)20(22(25)29)23-24-21(28)16-10-13-6-2-3-7-14(13)11-18(16)26/h2-11,26,29H,12H2,1H3. The van der Waals surface area contributed by atoms with Crippen LogP contribution in [0.5, 0.6) is 11.6 Å². The molecule has 2 N–H and O–H groups in total. The van der Waals surface area contributed by atoms with E-state index < -0.39 is 11.9 Å². The maximum absolute atomic E-state index is 12.6. The molecule has 1 heterocycles. The summed E-state index contributed by atoms with van der Waals surface area (Å²) < 4.78 is 5.99. The Balaban J connectivity index is 1.74. The molecule has 0 saturated heterocycles. The van der Waals surface area contributed by atoms with Crippen molar-refractivity contribution in [3.63, 3.8) is 0 Å². The number of carbonyl (C=O) groups excluding carboxylic acids is 2. The number of para-hydroxylation sites is 1. The predicted octanol–water partition coefficient (Wildman–Crippen LogP) is 4.30. The minimum atomic E-state index is -0.762. The van der Waals surface area contributed by atoms with Gasteiger partial charge in [-0.3, -0.25) is 14.2 Å². The second-order valence-corrected chi connectivity index (χ2v) is 6.57. The molecule has 0 fully saturated rings. The van der Waals surface area contributed by atoms with E-state index in [0.717, 1.165) is 10.8 Å². The fourth-order valence-electron chi connectivity index (χ4n) is 3.27. The summed E-state index contributed by atoms with van der Waals surface area (Å²) in [6.07, 6.45) is 0. The number of phenolic OH excluding ortho intramolecular Hbond substituents is 1. The molecule has 3 aromatic carbocycles. The van der Waals surface area contributed by atoms with Crippen molar-refractivity contribution in [3.05, 3.63) is 66.2 Å². The molecule has 0 bridgehead atoms. The van der Waals surface area contributed by atoms with Crippen LogP contribution < -0.4 is 0 Å². The first-order valence-electron chi connectivity index (χ1n) is 9.04. The molecular formula is C22H17N3O5. The number of fused-ring (bicyclic) bond motifs is 2. The number of phenols is 1. The summed E-state index contributed by atoms with van der Waals surface area (Å²) in [6, 6.07) is 17.2. The van der Waals surface area contributed by atoms with Gasteiger partial charge in [-0.25, -0.2) is 0 Å². The summed E-state index contributed by atoms with van der Waals surface area (Å²) in [4.78, 5) is 24.3. The van der Waals surface area contributed by atoms with Crippen molar-refractivity contribution in [2.45, 2.75) is 6.54 Å². The molecule has 1 aromatic heterocycles. The maximum atomic E-state index is 12.6. The molecule has 150 valence electrons. The lowest BCUT2D eigenvalue weighted by Gasteiger charge is -2.04. The Morgan fingerprint density at radius 2 is 1.67 bits per heavy atom. The number of ether oxygens (including phenoxy) is 1. The smallest absolute Gasteiger partial charge is 0.325 e. The molecular weight excluding hydrogens is 386 g/mol. The molecule has 0 saturated carbocycles. The molecule has 0 aliphatic carbocycles. The lowest BCUT2D eigenvalue weighted by atomic mass is 10.1. The quantitative estimate of drug-likeness (QED) is 0.389. The van der Waals surface area contributed by atoms with Crippen molar-refractivity contribution in [1.82, 2.24) is 4.57 Å². The number of azo groups is 1. The van der Waals surface area contributed by atoms with Crippen LogP contribution in [0.3, 0.4) is 0 Å². The van der Waals surface area contributed by atoms with Crippen molar-refractivity contribution < 1.29 is 24.5 Å². The van der Waals surface area contributed by atoms with Gasteiger partial charge in [-0.15, -0.1) is 10.2 Å². The highest BCUT2D eigenvalue weighted by atomic mass is 16.5. The Morgan fingerprint density at radius 1 is 1.00 bits per heavy atom. The van der Waals surface area contributed by atoms with Gasteiger partial charge in [-0.1, -0.05) is 42.5 Å². The van der Waals surface area contributed by atoms with Gasteiger partial charge in [0.05, 0.1) is 18.2 Å². The lowest BCUT2D eigenvalue weighted by molar-refractivity contribution is -0.141. The zero-order chi connectivity index (χ0) is 21.3. The summed E-state index contributed by atoms with van der Waals surface area (Å²) in [5.41, 5.74) is 0.578. The van der Waals surface area contributed by atoms with Crippen molar-refractivity contribution in [2.24, 2.45) is 10.2 Å². The van der Waals surface area contributed by atoms with E-state index in [1.54, 1.807) is 24.3 Å². The summed E-state index contributed by atoms with van der Waals surface area (Å²) >= 11 is 0. The van der Waals surface area contributed by atoms with Crippen LogP contribution in [-0.4, -0.2) is 33.8 Å². The van der Waals surface area contributed by atoms with E-state index in [0.29, 0.717) is 10.9 Å². The molecule has 0 aliphatic rings. The van der Waals surface area contributed by atoms with E-state index in [1.807, 2.05) is 24.3 Å². The maximum Gasteiger partial charge on any atom is 0.325 e. The lowest BCUT2D eigenvalue weighted by Crippen LogP contribution is -2.10. The number of benzene rings is 3. The SMILES string of the molecule is COC(=O)Cn1c(O)c(N=NC(=O)c2cc3ccccc3cc2O)c2ccccc21. The topological polar surface area (TPSA) is 113 Å². The molecule has 0 aliphatic heterocycles. The number of carbonyl (C=O) groups is 2. The molecule has 0 radical (unpaired) electrons. The highest BCUT2D eigenvalue weighted by Crippen LogP contribution is 2.39. The van der Waals surface area contributed by atoms with E-state index in [4.69, 9.17) is 0 Å². The number of esters is 1. The molecule has 8 nitrogen and oxygen atoms in total. The van der Waals surface area contributed by atoms with Gasteiger partial charge in [0.25, 0.3) is 5.91 Å². The van der Waals surface area contributed by atoms with Gasteiger partial charge >= 0.3 is 5.97 Å². The van der Waals surface area contributed by atoms with Crippen molar-refractivity contribution in [3.8, 4) is 11.6 Å². The summed E-state index contributed by atoms with van der Waals surface area (Å²) in [6.45, 7) is -0.224. The Labute approximate surface area is 170 Å². The Morgan fingerprint density at radius 3 is 2.40 bits per heavy atom. The first-order chi connectivity index (χ1) is 14.5. The van der Waals surface area contributed by atoms with Crippen LogP contribution >= 0.6 is 0 Å². The van der Waals surface area contributed by atoms with E-state index in [9.17, 15) is 19.8 Å². The normalized spacial score (nSPS) is 11.4. The third kappa shape index (κ3) is 3.35. The van der Waals surface area contributed by atoms with Gasteiger partial charge in [-0.2, -0.15) is 0 Å². The minimum absolute atomic E-state index is 0.00441. The Kier molecular flexibility index (Phi) is 4.89. The fourth-order valence-corrected chi connectivity index (χ4v) is 3.27. The largest absolute Gasteiger partial charge is 0.507 e. The predicted molar refractivity (Wildman–Crippen MR) is 110 cm³/mol. The molecule has 0 spiro atoms. The molecule has 8 heteroatoms. The number of amides is 1. The van der Waals surface area contributed by atoms with E-state index in [-0.39, 0.29) is 29.4 Å². The fraction of sp³-hybridized carbons (Fsp3) is 0.0909. The zero-order valence-corrected chi connectivity index (χ0v) is 15.9. The van der Waals surface area contributed by atoms with Crippen molar-refractivity contribution in [2.75, 3.05) is 7.11 Å². The van der Waals surface area contributed by atoms with Crippen LogP contribution in [-0.2, 0) is 16.1 Å². The highest BCUT2D eigenvalue weighted by Gasteiger charge is 2.19. The third-order valence-electron chi connectivity index (χ3n) is 4.77. The molecule has 0 atom stereocenters. The van der Waals surface area contributed by atoms with Crippen molar-refractivity contribution in [1.29, 1.82) is 0 Å². The first kappa shape index (κ1) is 19.1. The van der Waals surface area contributed by atoms with Gasteiger partial charge in [0.2, 0.25) is 5.88 Å². The summed E-state index contributed by atoms with van der Waals surface area (Å²) in [5.74, 6) is -1.84. The molecule has 30 heavy (non-hydrogen) atoms. The molecule has 0 unspecified atom stereocenters. The second-order valence-electron chi connectivity index (χ2n) is 6.57. The molecule has 1 amide bonds. The average molecular weight is 403 g/mol. The number of rotatable bonds is 4. The molecule has 4 aromatic rings. The van der Waals surface area contributed by atoms with Crippen LogP contribution in [0.2, 0.25) is 0 Å². The van der Waals surface area contributed by atoms with Crippen LogP contribution in [0.1, 0.15) is 10.4 Å². The van der Waals surface area contributed by atoms with Gasteiger partial charge in [0.1, 0.15) is 12.3 Å².